The van der Waals surface area contributed by atoms with Gasteiger partial charge in [-0.25, -0.2) is 0 Å². The van der Waals surface area contributed by atoms with Gasteiger partial charge in [0.05, 0.1) is 0 Å². The summed E-state index contributed by atoms with van der Waals surface area (Å²) in [6.07, 6.45) is 4.95. The number of alkyl halides is 1. The largest absolute Gasteiger partial charge is 0.419 e. The van der Waals surface area contributed by atoms with E-state index in [4.69, 9.17) is 16.0 Å². The first-order valence-electron chi connectivity index (χ1n) is 4.60. The molecule has 3 heteroatoms. The van der Waals surface area contributed by atoms with Gasteiger partial charge in [-0.15, -0.1) is 11.6 Å². The van der Waals surface area contributed by atoms with Crippen molar-refractivity contribution in [1.82, 2.24) is 0 Å². The van der Waals surface area contributed by atoms with E-state index in [1.165, 1.54) is 25.3 Å². The zero-order valence-electron chi connectivity index (χ0n) is 7.18. The summed E-state index contributed by atoms with van der Waals surface area (Å²) in [6.45, 7) is 3.16. The van der Waals surface area contributed by atoms with E-state index in [0.717, 1.165) is 13.0 Å². The summed E-state index contributed by atoms with van der Waals surface area (Å²) < 4.78 is 5.70. The predicted molar refractivity (Wildman–Crippen MR) is 51.7 cm³/mol. The van der Waals surface area contributed by atoms with Crippen LogP contribution in [0.3, 0.4) is 0 Å². The van der Waals surface area contributed by atoms with Gasteiger partial charge in [-0.1, -0.05) is 19.8 Å². The normalized spacial score (nSPS) is 28.4. The maximum atomic E-state index is 6.20. The Morgan fingerprint density at radius 1 is 1.55 bits per heavy atom. The Morgan fingerprint density at radius 3 is 2.91 bits per heavy atom. The monoisotopic (exact) mass is 192 g/mol. The first kappa shape index (κ1) is 9.55. The van der Waals surface area contributed by atoms with Crippen molar-refractivity contribution in [2.75, 3.05) is 6.61 Å². The lowest BCUT2D eigenvalue weighted by Gasteiger charge is -2.24. The fourth-order valence-corrected chi connectivity index (χ4v) is 4.93. The van der Waals surface area contributed by atoms with E-state index in [0.29, 0.717) is 5.00 Å². The Morgan fingerprint density at radius 2 is 2.36 bits per heavy atom. The Bertz CT molecular complexity index is 104. The van der Waals surface area contributed by atoms with E-state index >= 15 is 0 Å². The summed E-state index contributed by atoms with van der Waals surface area (Å²) in [4.78, 5) is 0. The lowest BCUT2D eigenvalue weighted by atomic mass is 10.4. The summed E-state index contributed by atoms with van der Waals surface area (Å²) >= 11 is 6.20. The topological polar surface area (TPSA) is 9.23 Å². The van der Waals surface area contributed by atoms with E-state index in [2.05, 4.69) is 6.92 Å². The van der Waals surface area contributed by atoms with E-state index < -0.39 is 9.04 Å². The lowest BCUT2D eigenvalue weighted by Crippen LogP contribution is -2.33. The molecule has 1 aliphatic heterocycles. The Labute approximate surface area is 75.8 Å². The summed E-state index contributed by atoms with van der Waals surface area (Å²) in [5, 5.41) is 0.389. The molecule has 0 spiro atoms. The summed E-state index contributed by atoms with van der Waals surface area (Å²) in [5.41, 5.74) is 0. The van der Waals surface area contributed by atoms with Crippen LogP contribution in [0.4, 0.5) is 0 Å². The third-order valence-corrected chi connectivity index (χ3v) is 6.03. The van der Waals surface area contributed by atoms with Crippen LogP contribution in [0.15, 0.2) is 0 Å². The van der Waals surface area contributed by atoms with Crippen molar-refractivity contribution in [2.45, 2.75) is 43.7 Å². The fraction of sp³-hybridized carbons (Fsp3) is 1.00. The molecule has 0 saturated carbocycles. The van der Waals surface area contributed by atoms with Crippen molar-refractivity contribution >= 4 is 20.6 Å². The second-order valence-corrected chi connectivity index (χ2v) is 6.99. The predicted octanol–water partition coefficient (Wildman–Crippen LogP) is 2.47. The van der Waals surface area contributed by atoms with Gasteiger partial charge in [0, 0.05) is 11.6 Å². The third-order valence-electron chi connectivity index (χ3n) is 2.18. The van der Waals surface area contributed by atoms with Gasteiger partial charge in [0.2, 0.25) is 0 Å². The quantitative estimate of drug-likeness (QED) is 0.493. The number of hydrogen-bond donors (Lipinski definition) is 0. The molecule has 2 unspecified atom stereocenters. The van der Waals surface area contributed by atoms with Crippen molar-refractivity contribution in [3.63, 3.8) is 0 Å². The van der Waals surface area contributed by atoms with E-state index in [1.807, 2.05) is 0 Å². The van der Waals surface area contributed by atoms with Crippen molar-refractivity contribution < 1.29 is 4.43 Å². The molecule has 1 saturated heterocycles. The lowest BCUT2D eigenvalue weighted by molar-refractivity contribution is 0.284. The van der Waals surface area contributed by atoms with Gasteiger partial charge in [-0.3, -0.25) is 0 Å². The average molecular weight is 193 g/mol. The van der Waals surface area contributed by atoms with E-state index in [9.17, 15) is 0 Å². The first-order chi connectivity index (χ1) is 5.34. The summed E-state index contributed by atoms with van der Waals surface area (Å²) in [7, 11) is -0.973. The van der Waals surface area contributed by atoms with Crippen LogP contribution in [0.25, 0.3) is 0 Å². The molecule has 0 radical (unpaired) electrons. The van der Waals surface area contributed by atoms with Crippen LogP contribution in [0.2, 0.25) is 6.04 Å². The highest BCUT2D eigenvalue weighted by Crippen LogP contribution is 2.19. The smallest absolute Gasteiger partial charge is 0.194 e. The minimum Gasteiger partial charge on any atom is -0.419 e. The zero-order chi connectivity index (χ0) is 8.10. The van der Waals surface area contributed by atoms with Gasteiger partial charge in [-0.05, 0) is 18.9 Å². The third kappa shape index (κ3) is 3.14. The molecule has 1 heterocycles. The van der Waals surface area contributed by atoms with Crippen molar-refractivity contribution in [2.24, 2.45) is 0 Å². The minimum absolute atomic E-state index is 0.389. The maximum absolute atomic E-state index is 6.20. The fourth-order valence-electron chi connectivity index (χ4n) is 1.51. The van der Waals surface area contributed by atoms with Crippen LogP contribution in [-0.2, 0) is 4.43 Å². The van der Waals surface area contributed by atoms with Crippen LogP contribution >= 0.6 is 11.6 Å². The van der Waals surface area contributed by atoms with Crippen LogP contribution in [0, 0.1) is 0 Å². The second-order valence-electron chi connectivity index (χ2n) is 3.21. The maximum Gasteiger partial charge on any atom is 0.194 e. The SMILES string of the molecule is CCCC(Cl)[SiH]1CCCCO1. The minimum atomic E-state index is -0.973. The highest BCUT2D eigenvalue weighted by atomic mass is 35.5. The zero-order valence-corrected chi connectivity index (χ0v) is 9.09. The van der Waals surface area contributed by atoms with Crippen LogP contribution in [0.5, 0.6) is 0 Å². The summed E-state index contributed by atoms with van der Waals surface area (Å²) in [6, 6.07) is 1.30. The summed E-state index contributed by atoms with van der Waals surface area (Å²) in [5.74, 6) is 0. The first-order valence-corrected chi connectivity index (χ1v) is 6.99. The van der Waals surface area contributed by atoms with Crippen LogP contribution < -0.4 is 0 Å². The molecule has 1 nitrogen and oxygen atoms in total. The Kier molecular flexibility index (Phi) is 4.49. The molecule has 0 aromatic carbocycles. The molecule has 1 aliphatic rings. The molecule has 1 fully saturated rings. The van der Waals surface area contributed by atoms with Crippen LogP contribution in [0.1, 0.15) is 32.6 Å². The van der Waals surface area contributed by atoms with Gasteiger partial charge in [0.25, 0.3) is 0 Å². The Hall–Kier alpha value is 0.467. The highest BCUT2D eigenvalue weighted by Gasteiger charge is 2.23. The molecule has 0 aromatic heterocycles. The van der Waals surface area contributed by atoms with Crippen molar-refractivity contribution in [1.29, 1.82) is 0 Å². The van der Waals surface area contributed by atoms with Gasteiger partial charge in [0.15, 0.2) is 9.04 Å². The van der Waals surface area contributed by atoms with Gasteiger partial charge >= 0.3 is 0 Å². The van der Waals surface area contributed by atoms with Crippen molar-refractivity contribution in [3.8, 4) is 0 Å². The second kappa shape index (κ2) is 5.17. The number of rotatable bonds is 3. The molecule has 0 amide bonds. The molecule has 2 atom stereocenters. The molecule has 66 valence electrons. The number of hydrogen-bond acceptors (Lipinski definition) is 1. The number of halogens is 1. The van der Waals surface area contributed by atoms with Gasteiger partial charge in [0.1, 0.15) is 0 Å². The van der Waals surface area contributed by atoms with E-state index in [1.54, 1.807) is 0 Å². The highest BCUT2D eigenvalue weighted by molar-refractivity contribution is 6.64. The Balaban J connectivity index is 2.21. The van der Waals surface area contributed by atoms with Crippen molar-refractivity contribution in [3.05, 3.63) is 0 Å². The molecule has 0 N–H and O–H groups in total. The molecule has 1 rings (SSSR count). The molecular weight excluding hydrogens is 176 g/mol. The average Bonchev–Trinajstić information content (AvgIpc) is 2.07. The molecule has 0 bridgehead atoms. The molecule has 0 aromatic rings. The molecule has 0 aliphatic carbocycles. The van der Waals surface area contributed by atoms with Crippen LogP contribution in [-0.4, -0.2) is 20.6 Å². The standard InChI is InChI=1S/C8H17ClOSi/c1-2-5-8(9)11-7-4-3-6-10-11/h8,11H,2-7H2,1H3. The molecular formula is C8H17ClOSi. The van der Waals surface area contributed by atoms with Gasteiger partial charge < -0.3 is 4.43 Å². The van der Waals surface area contributed by atoms with E-state index in [-0.39, 0.29) is 0 Å². The van der Waals surface area contributed by atoms with Gasteiger partial charge in [-0.2, -0.15) is 0 Å². The molecule has 11 heavy (non-hydrogen) atoms.